The summed E-state index contributed by atoms with van der Waals surface area (Å²) in [6.45, 7) is 2.47. The third kappa shape index (κ3) is 3.53. The van der Waals surface area contributed by atoms with Crippen molar-refractivity contribution in [3.05, 3.63) is 30.1 Å². The fraction of sp³-hybridized carbons (Fsp3) is 0.538. The summed E-state index contributed by atoms with van der Waals surface area (Å²) in [6, 6.07) is 6.11. The summed E-state index contributed by atoms with van der Waals surface area (Å²) in [4.78, 5) is 18.2. The second kappa shape index (κ2) is 5.27. The molecule has 2 rings (SSSR count). The van der Waals surface area contributed by atoms with Gasteiger partial charge in [-0.3, -0.25) is 9.78 Å². The smallest absolute Gasteiger partial charge is 0.224 e. The van der Waals surface area contributed by atoms with Crippen LogP contribution in [0.3, 0.4) is 0 Å². The Bertz CT molecular complexity index is 374. The minimum atomic E-state index is -0.0764. The molecule has 4 heteroatoms. The van der Waals surface area contributed by atoms with Gasteiger partial charge in [0.15, 0.2) is 0 Å². The maximum absolute atomic E-state index is 12.1. The monoisotopic (exact) mass is 233 g/mol. The Hall–Kier alpha value is -1.42. The molecule has 1 unspecified atom stereocenters. The minimum absolute atomic E-state index is 0.0764. The van der Waals surface area contributed by atoms with Crippen LogP contribution in [-0.2, 0) is 11.3 Å². The summed E-state index contributed by atoms with van der Waals surface area (Å²) >= 11 is 0. The normalized spacial score (nSPS) is 16.6. The van der Waals surface area contributed by atoms with Gasteiger partial charge in [0.1, 0.15) is 0 Å². The zero-order chi connectivity index (χ0) is 12.3. The lowest BCUT2D eigenvalue weighted by atomic mass is 10.2. The third-order valence-corrected chi connectivity index (χ3v) is 2.86. The van der Waals surface area contributed by atoms with Crippen LogP contribution in [0.1, 0.15) is 31.9 Å². The number of nitrogens with zero attached hydrogens (tertiary/aromatic N) is 2. The number of nitrogens with two attached hydrogens (primary N) is 1. The van der Waals surface area contributed by atoms with Crippen molar-refractivity contribution in [3.8, 4) is 0 Å². The lowest BCUT2D eigenvalue weighted by molar-refractivity contribution is -0.132. The number of carbonyl (C=O) groups excluding carboxylic acids is 1. The Balaban J connectivity index is 2.00. The van der Waals surface area contributed by atoms with Gasteiger partial charge in [0.2, 0.25) is 5.91 Å². The molecule has 0 radical (unpaired) electrons. The van der Waals surface area contributed by atoms with Crippen LogP contribution in [0, 0.1) is 0 Å². The fourth-order valence-corrected chi connectivity index (χ4v) is 1.87. The van der Waals surface area contributed by atoms with Gasteiger partial charge >= 0.3 is 0 Å². The van der Waals surface area contributed by atoms with Gasteiger partial charge in [-0.15, -0.1) is 0 Å². The van der Waals surface area contributed by atoms with E-state index in [-0.39, 0.29) is 11.9 Å². The molecule has 1 atom stereocenters. The van der Waals surface area contributed by atoms with Crippen LogP contribution in [0.25, 0.3) is 0 Å². The predicted molar refractivity (Wildman–Crippen MR) is 66.1 cm³/mol. The van der Waals surface area contributed by atoms with Crippen LogP contribution < -0.4 is 5.73 Å². The number of hydrogen-bond acceptors (Lipinski definition) is 3. The van der Waals surface area contributed by atoms with E-state index in [0.29, 0.717) is 19.0 Å². The molecule has 1 amide bonds. The number of hydrogen-bond donors (Lipinski definition) is 1. The van der Waals surface area contributed by atoms with E-state index in [1.54, 1.807) is 6.20 Å². The summed E-state index contributed by atoms with van der Waals surface area (Å²) in [7, 11) is 0. The summed E-state index contributed by atoms with van der Waals surface area (Å²) < 4.78 is 0. The van der Waals surface area contributed by atoms with E-state index in [9.17, 15) is 4.79 Å². The minimum Gasteiger partial charge on any atom is -0.334 e. The number of rotatable bonds is 5. The Morgan fingerprint density at radius 3 is 2.88 bits per heavy atom. The molecule has 1 aliphatic carbocycles. The molecular weight excluding hydrogens is 214 g/mol. The van der Waals surface area contributed by atoms with Crippen molar-refractivity contribution in [1.29, 1.82) is 0 Å². The molecule has 1 fully saturated rings. The SMILES string of the molecule is CC(N)CC(=O)N(Cc1ccccn1)C1CC1. The van der Waals surface area contributed by atoms with Crippen molar-refractivity contribution in [3.63, 3.8) is 0 Å². The fourth-order valence-electron chi connectivity index (χ4n) is 1.87. The first kappa shape index (κ1) is 12.0. The highest BCUT2D eigenvalue weighted by Gasteiger charge is 2.32. The summed E-state index contributed by atoms with van der Waals surface area (Å²) in [6.07, 6.45) is 4.40. The highest BCUT2D eigenvalue weighted by molar-refractivity contribution is 5.77. The Morgan fingerprint density at radius 2 is 2.35 bits per heavy atom. The molecule has 92 valence electrons. The van der Waals surface area contributed by atoms with Gasteiger partial charge in [-0.1, -0.05) is 6.07 Å². The highest BCUT2D eigenvalue weighted by Crippen LogP contribution is 2.28. The first-order valence-corrected chi connectivity index (χ1v) is 6.12. The average Bonchev–Trinajstić information content (AvgIpc) is 3.10. The van der Waals surface area contributed by atoms with Crippen molar-refractivity contribution < 1.29 is 4.79 Å². The predicted octanol–water partition coefficient (Wildman–Crippen LogP) is 1.31. The van der Waals surface area contributed by atoms with Crippen LogP contribution in [0.2, 0.25) is 0 Å². The topological polar surface area (TPSA) is 59.2 Å². The van der Waals surface area contributed by atoms with Crippen molar-refractivity contribution >= 4 is 5.91 Å². The van der Waals surface area contributed by atoms with Gasteiger partial charge in [0.05, 0.1) is 12.2 Å². The molecule has 1 heterocycles. The molecule has 0 aromatic carbocycles. The zero-order valence-corrected chi connectivity index (χ0v) is 10.2. The standard InChI is InChI=1S/C13H19N3O/c1-10(14)8-13(17)16(12-5-6-12)9-11-4-2-3-7-15-11/h2-4,7,10,12H,5-6,8-9,14H2,1H3. The van der Waals surface area contributed by atoms with E-state index in [4.69, 9.17) is 5.73 Å². The van der Waals surface area contributed by atoms with Crippen LogP contribution in [0.15, 0.2) is 24.4 Å². The molecule has 17 heavy (non-hydrogen) atoms. The lowest BCUT2D eigenvalue weighted by Gasteiger charge is -2.23. The summed E-state index contributed by atoms with van der Waals surface area (Å²) in [5, 5.41) is 0. The zero-order valence-electron chi connectivity index (χ0n) is 10.2. The number of carbonyl (C=O) groups is 1. The van der Waals surface area contributed by atoms with Crippen LogP contribution in [-0.4, -0.2) is 27.9 Å². The Kier molecular flexibility index (Phi) is 3.74. The third-order valence-electron chi connectivity index (χ3n) is 2.86. The summed E-state index contributed by atoms with van der Waals surface area (Å²) in [5.41, 5.74) is 6.62. The molecule has 1 aromatic rings. The van der Waals surface area contributed by atoms with Crippen molar-refractivity contribution in [1.82, 2.24) is 9.88 Å². The van der Waals surface area contributed by atoms with Gasteiger partial charge in [0.25, 0.3) is 0 Å². The van der Waals surface area contributed by atoms with E-state index >= 15 is 0 Å². The van der Waals surface area contributed by atoms with Crippen LogP contribution in [0.5, 0.6) is 0 Å². The van der Waals surface area contributed by atoms with Crippen molar-refractivity contribution in [2.24, 2.45) is 5.73 Å². The number of pyridine rings is 1. The lowest BCUT2D eigenvalue weighted by Crippen LogP contribution is -2.36. The van der Waals surface area contributed by atoms with E-state index in [1.165, 1.54) is 0 Å². The van der Waals surface area contributed by atoms with E-state index < -0.39 is 0 Å². The molecule has 1 aromatic heterocycles. The first-order chi connectivity index (χ1) is 8.16. The molecular formula is C13H19N3O. The number of amides is 1. The second-order valence-electron chi connectivity index (χ2n) is 4.76. The van der Waals surface area contributed by atoms with Crippen molar-refractivity contribution in [2.45, 2.75) is 44.8 Å². The van der Waals surface area contributed by atoms with Gasteiger partial charge < -0.3 is 10.6 Å². The maximum Gasteiger partial charge on any atom is 0.224 e. The molecule has 0 bridgehead atoms. The van der Waals surface area contributed by atoms with Crippen LogP contribution in [0.4, 0.5) is 0 Å². The average molecular weight is 233 g/mol. The maximum atomic E-state index is 12.1. The van der Waals surface area contributed by atoms with E-state index in [0.717, 1.165) is 18.5 Å². The summed E-state index contributed by atoms with van der Waals surface area (Å²) in [5.74, 6) is 0.146. The molecule has 0 aliphatic heterocycles. The number of aromatic nitrogens is 1. The van der Waals surface area contributed by atoms with Gasteiger partial charge in [-0.2, -0.15) is 0 Å². The van der Waals surface area contributed by atoms with Gasteiger partial charge in [0, 0.05) is 24.7 Å². The molecule has 1 saturated carbocycles. The van der Waals surface area contributed by atoms with Crippen molar-refractivity contribution in [2.75, 3.05) is 0 Å². The molecule has 0 saturated heterocycles. The van der Waals surface area contributed by atoms with E-state index in [2.05, 4.69) is 4.98 Å². The van der Waals surface area contributed by atoms with E-state index in [1.807, 2.05) is 30.0 Å². The molecule has 0 spiro atoms. The molecule has 4 nitrogen and oxygen atoms in total. The Morgan fingerprint density at radius 1 is 1.59 bits per heavy atom. The largest absolute Gasteiger partial charge is 0.334 e. The Labute approximate surface area is 102 Å². The van der Waals surface area contributed by atoms with Crippen LogP contribution >= 0.6 is 0 Å². The highest BCUT2D eigenvalue weighted by atomic mass is 16.2. The second-order valence-corrected chi connectivity index (χ2v) is 4.76. The molecule has 2 N–H and O–H groups in total. The quantitative estimate of drug-likeness (QED) is 0.834. The van der Waals surface area contributed by atoms with Gasteiger partial charge in [-0.05, 0) is 31.9 Å². The molecule has 1 aliphatic rings. The first-order valence-electron chi connectivity index (χ1n) is 6.12. The van der Waals surface area contributed by atoms with Gasteiger partial charge in [-0.25, -0.2) is 0 Å².